The van der Waals surface area contributed by atoms with E-state index in [9.17, 15) is 4.79 Å². The van der Waals surface area contributed by atoms with Crippen LogP contribution in [0.5, 0.6) is 5.75 Å². The number of nitrogens with one attached hydrogen (secondary N) is 1. The van der Waals surface area contributed by atoms with Crippen LogP contribution in [-0.2, 0) is 4.74 Å². The fourth-order valence-corrected chi connectivity index (χ4v) is 2.45. The molecule has 0 unspecified atom stereocenters. The van der Waals surface area contributed by atoms with Crippen molar-refractivity contribution in [2.75, 3.05) is 46.5 Å². The highest BCUT2D eigenvalue weighted by atomic mass is 16.5. The highest BCUT2D eigenvalue weighted by molar-refractivity contribution is 5.94. The lowest BCUT2D eigenvalue weighted by Gasteiger charge is -2.26. The lowest BCUT2D eigenvalue weighted by Crippen LogP contribution is -2.38. The first-order chi connectivity index (χ1) is 10.2. The van der Waals surface area contributed by atoms with E-state index in [4.69, 9.17) is 9.47 Å². The summed E-state index contributed by atoms with van der Waals surface area (Å²) in [6.07, 6.45) is 0.959. The van der Waals surface area contributed by atoms with E-state index in [1.165, 1.54) is 0 Å². The fraction of sp³-hybridized carbons (Fsp3) is 0.562. The summed E-state index contributed by atoms with van der Waals surface area (Å²) in [5.74, 6) is 0.779. The molecule has 116 valence electrons. The standard InChI is InChI=1S/C16H24N2O3/c1-13-12-14(4-5-15(13)20-2)16(19)17-6-3-7-18-8-10-21-11-9-18/h4-5,12H,3,6-11H2,1-2H3,(H,17,19). The number of hydrogen-bond donors (Lipinski definition) is 1. The van der Waals surface area contributed by atoms with E-state index < -0.39 is 0 Å². The fourth-order valence-electron chi connectivity index (χ4n) is 2.45. The molecule has 1 saturated heterocycles. The molecule has 1 aliphatic heterocycles. The third-order valence-corrected chi connectivity index (χ3v) is 3.70. The Labute approximate surface area is 126 Å². The first-order valence-electron chi connectivity index (χ1n) is 7.43. The zero-order valence-electron chi connectivity index (χ0n) is 12.9. The minimum Gasteiger partial charge on any atom is -0.496 e. The molecule has 1 aliphatic rings. The largest absolute Gasteiger partial charge is 0.496 e. The van der Waals surface area contributed by atoms with E-state index in [1.54, 1.807) is 13.2 Å². The lowest BCUT2D eigenvalue weighted by molar-refractivity contribution is 0.0374. The summed E-state index contributed by atoms with van der Waals surface area (Å²) in [6.45, 7) is 7.26. The SMILES string of the molecule is COc1ccc(C(=O)NCCCN2CCOCC2)cc1C. The molecular weight excluding hydrogens is 268 g/mol. The molecule has 5 nitrogen and oxygen atoms in total. The van der Waals surface area contributed by atoms with Gasteiger partial charge in [0, 0.05) is 25.2 Å². The van der Waals surface area contributed by atoms with Crippen molar-refractivity contribution in [3.63, 3.8) is 0 Å². The number of carbonyl (C=O) groups is 1. The zero-order chi connectivity index (χ0) is 15.1. The predicted octanol–water partition coefficient (Wildman–Crippen LogP) is 1.46. The van der Waals surface area contributed by atoms with Crippen LogP contribution in [0, 0.1) is 6.92 Å². The summed E-state index contributed by atoms with van der Waals surface area (Å²) in [5.41, 5.74) is 1.65. The Bertz CT molecular complexity index is 471. The van der Waals surface area contributed by atoms with Gasteiger partial charge in [-0.15, -0.1) is 0 Å². The molecule has 2 rings (SSSR count). The molecule has 1 aromatic rings. The molecule has 0 bridgehead atoms. The minimum atomic E-state index is -0.0252. The van der Waals surface area contributed by atoms with Crippen LogP contribution < -0.4 is 10.1 Å². The molecule has 0 aromatic heterocycles. The summed E-state index contributed by atoms with van der Waals surface area (Å²) in [4.78, 5) is 14.4. The molecule has 0 spiro atoms. The number of amides is 1. The van der Waals surface area contributed by atoms with Gasteiger partial charge in [-0.25, -0.2) is 0 Å². The highest BCUT2D eigenvalue weighted by Crippen LogP contribution is 2.18. The van der Waals surface area contributed by atoms with Crippen LogP contribution in [-0.4, -0.2) is 57.3 Å². The van der Waals surface area contributed by atoms with Gasteiger partial charge < -0.3 is 14.8 Å². The topological polar surface area (TPSA) is 50.8 Å². The van der Waals surface area contributed by atoms with E-state index in [2.05, 4.69) is 10.2 Å². The van der Waals surface area contributed by atoms with Crippen molar-refractivity contribution in [2.45, 2.75) is 13.3 Å². The minimum absolute atomic E-state index is 0.0252. The Kier molecular flexibility index (Phi) is 6.02. The molecule has 1 aromatic carbocycles. The predicted molar refractivity (Wildman–Crippen MR) is 81.9 cm³/mol. The average Bonchev–Trinajstić information content (AvgIpc) is 2.52. The monoisotopic (exact) mass is 292 g/mol. The van der Waals surface area contributed by atoms with E-state index in [-0.39, 0.29) is 5.91 Å². The van der Waals surface area contributed by atoms with Crippen LogP contribution in [0.25, 0.3) is 0 Å². The molecule has 1 heterocycles. The molecule has 0 aliphatic carbocycles. The lowest BCUT2D eigenvalue weighted by atomic mass is 10.1. The number of nitrogens with zero attached hydrogens (tertiary/aromatic N) is 1. The summed E-state index contributed by atoms with van der Waals surface area (Å²) >= 11 is 0. The molecule has 0 saturated carbocycles. The van der Waals surface area contributed by atoms with E-state index >= 15 is 0 Å². The Morgan fingerprint density at radius 2 is 2.14 bits per heavy atom. The van der Waals surface area contributed by atoms with E-state index in [0.717, 1.165) is 50.6 Å². The maximum Gasteiger partial charge on any atom is 0.251 e. The molecule has 1 amide bonds. The van der Waals surface area contributed by atoms with Crippen LogP contribution in [0.4, 0.5) is 0 Å². The summed E-state index contributed by atoms with van der Waals surface area (Å²) < 4.78 is 10.5. The van der Waals surface area contributed by atoms with Gasteiger partial charge in [-0.2, -0.15) is 0 Å². The number of benzene rings is 1. The Morgan fingerprint density at radius 1 is 1.38 bits per heavy atom. The second kappa shape index (κ2) is 8.00. The number of ether oxygens (including phenoxy) is 2. The summed E-state index contributed by atoms with van der Waals surface area (Å²) in [5, 5.41) is 2.97. The zero-order valence-corrected chi connectivity index (χ0v) is 12.9. The number of aryl methyl sites for hydroxylation is 1. The van der Waals surface area contributed by atoms with Gasteiger partial charge >= 0.3 is 0 Å². The second-order valence-electron chi connectivity index (χ2n) is 5.25. The number of carbonyl (C=O) groups excluding carboxylic acids is 1. The van der Waals surface area contributed by atoms with Gasteiger partial charge in [0.25, 0.3) is 5.91 Å². The first-order valence-corrected chi connectivity index (χ1v) is 7.43. The molecule has 0 atom stereocenters. The molecule has 0 radical (unpaired) electrons. The van der Waals surface area contributed by atoms with Crippen molar-refractivity contribution in [3.05, 3.63) is 29.3 Å². The Balaban J connectivity index is 1.72. The van der Waals surface area contributed by atoms with Crippen LogP contribution >= 0.6 is 0 Å². The number of methoxy groups -OCH3 is 1. The van der Waals surface area contributed by atoms with Gasteiger partial charge in [-0.1, -0.05) is 0 Å². The van der Waals surface area contributed by atoms with Crippen molar-refractivity contribution in [1.29, 1.82) is 0 Å². The maximum atomic E-state index is 12.1. The quantitative estimate of drug-likeness (QED) is 0.807. The van der Waals surface area contributed by atoms with E-state index in [1.807, 2.05) is 19.1 Å². The maximum absolute atomic E-state index is 12.1. The molecule has 5 heteroatoms. The normalized spacial score (nSPS) is 15.7. The number of rotatable bonds is 6. The van der Waals surface area contributed by atoms with Gasteiger partial charge in [0.15, 0.2) is 0 Å². The van der Waals surface area contributed by atoms with Crippen LogP contribution in [0.1, 0.15) is 22.3 Å². The van der Waals surface area contributed by atoms with Crippen molar-refractivity contribution >= 4 is 5.91 Å². The van der Waals surface area contributed by atoms with Gasteiger partial charge in [0.05, 0.1) is 20.3 Å². The summed E-state index contributed by atoms with van der Waals surface area (Å²) in [7, 11) is 1.63. The molecule has 21 heavy (non-hydrogen) atoms. The van der Waals surface area contributed by atoms with Gasteiger partial charge in [0.1, 0.15) is 5.75 Å². The van der Waals surface area contributed by atoms with Crippen molar-refractivity contribution in [2.24, 2.45) is 0 Å². The number of morpholine rings is 1. The smallest absolute Gasteiger partial charge is 0.251 e. The van der Waals surface area contributed by atoms with Crippen LogP contribution in [0.2, 0.25) is 0 Å². The average molecular weight is 292 g/mol. The van der Waals surface area contributed by atoms with Crippen molar-refractivity contribution in [1.82, 2.24) is 10.2 Å². The van der Waals surface area contributed by atoms with Crippen molar-refractivity contribution < 1.29 is 14.3 Å². The molecule has 1 N–H and O–H groups in total. The van der Waals surface area contributed by atoms with Crippen molar-refractivity contribution in [3.8, 4) is 5.75 Å². The third kappa shape index (κ3) is 4.72. The van der Waals surface area contributed by atoms with Gasteiger partial charge in [0.2, 0.25) is 0 Å². The van der Waals surface area contributed by atoms with Gasteiger partial charge in [-0.05, 0) is 43.7 Å². The first kappa shape index (κ1) is 15.8. The number of hydrogen-bond acceptors (Lipinski definition) is 4. The van der Waals surface area contributed by atoms with E-state index in [0.29, 0.717) is 12.1 Å². The highest BCUT2D eigenvalue weighted by Gasteiger charge is 2.10. The Morgan fingerprint density at radius 3 is 2.81 bits per heavy atom. The third-order valence-electron chi connectivity index (χ3n) is 3.70. The molecular formula is C16H24N2O3. The Hall–Kier alpha value is -1.59. The van der Waals surface area contributed by atoms with Crippen LogP contribution in [0.15, 0.2) is 18.2 Å². The second-order valence-corrected chi connectivity index (χ2v) is 5.25. The van der Waals surface area contributed by atoms with Gasteiger partial charge in [-0.3, -0.25) is 9.69 Å². The molecule has 1 fully saturated rings. The summed E-state index contributed by atoms with van der Waals surface area (Å²) in [6, 6.07) is 5.48. The van der Waals surface area contributed by atoms with Crippen LogP contribution in [0.3, 0.4) is 0 Å².